The van der Waals surface area contributed by atoms with Gasteiger partial charge in [0.25, 0.3) is 5.91 Å². The Balaban J connectivity index is 1.95. The molecule has 0 fully saturated rings. The topological polar surface area (TPSA) is 58.6 Å². The number of nitrogens with one attached hydrogen (secondary N) is 1. The number of phenols is 1. The van der Waals surface area contributed by atoms with Crippen molar-refractivity contribution in [3.8, 4) is 11.5 Å². The SMILES string of the molecule is O=C(COc1ccc2ccc(O)cc2c1)NCC(F)(F)F. The van der Waals surface area contributed by atoms with E-state index in [-0.39, 0.29) is 5.75 Å². The third kappa shape index (κ3) is 4.55. The molecule has 0 spiro atoms. The summed E-state index contributed by atoms with van der Waals surface area (Å²) in [6.45, 7) is -1.90. The number of ether oxygens (including phenoxy) is 1. The smallest absolute Gasteiger partial charge is 0.405 e. The van der Waals surface area contributed by atoms with Crippen LogP contribution in [0.1, 0.15) is 0 Å². The summed E-state index contributed by atoms with van der Waals surface area (Å²) >= 11 is 0. The zero-order valence-electron chi connectivity index (χ0n) is 10.8. The van der Waals surface area contributed by atoms with E-state index in [2.05, 4.69) is 0 Å². The number of carbonyl (C=O) groups is 1. The molecular weight excluding hydrogens is 287 g/mol. The lowest BCUT2D eigenvalue weighted by Gasteiger charge is -2.10. The lowest BCUT2D eigenvalue weighted by atomic mass is 10.1. The number of carbonyl (C=O) groups excluding carboxylic acids is 1. The first-order chi connectivity index (χ1) is 9.83. The lowest BCUT2D eigenvalue weighted by Crippen LogP contribution is -2.36. The van der Waals surface area contributed by atoms with E-state index in [0.29, 0.717) is 11.1 Å². The Morgan fingerprint density at radius 2 is 1.86 bits per heavy atom. The molecule has 112 valence electrons. The van der Waals surface area contributed by atoms with Gasteiger partial charge in [0.05, 0.1) is 0 Å². The molecule has 0 saturated heterocycles. The van der Waals surface area contributed by atoms with Crippen LogP contribution in [0.4, 0.5) is 13.2 Å². The van der Waals surface area contributed by atoms with Gasteiger partial charge < -0.3 is 15.2 Å². The number of fused-ring (bicyclic) bond motifs is 1. The molecule has 4 nitrogen and oxygen atoms in total. The second-order valence-corrected chi connectivity index (χ2v) is 4.37. The van der Waals surface area contributed by atoms with E-state index in [1.807, 2.05) is 0 Å². The van der Waals surface area contributed by atoms with Gasteiger partial charge in [0.2, 0.25) is 0 Å². The summed E-state index contributed by atoms with van der Waals surface area (Å²) in [5.74, 6) is -0.443. The Labute approximate surface area is 118 Å². The summed E-state index contributed by atoms with van der Waals surface area (Å²) in [6, 6.07) is 9.67. The average Bonchev–Trinajstić information content (AvgIpc) is 2.41. The number of hydrogen-bond acceptors (Lipinski definition) is 3. The third-order valence-electron chi connectivity index (χ3n) is 2.65. The summed E-state index contributed by atoms with van der Waals surface area (Å²) in [7, 11) is 0. The second-order valence-electron chi connectivity index (χ2n) is 4.37. The normalized spacial score (nSPS) is 11.4. The number of amides is 1. The van der Waals surface area contributed by atoms with E-state index in [0.717, 1.165) is 5.39 Å². The van der Waals surface area contributed by atoms with E-state index < -0.39 is 25.2 Å². The Morgan fingerprint density at radius 1 is 1.14 bits per heavy atom. The third-order valence-corrected chi connectivity index (χ3v) is 2.65. The Morgan fingerprint density at radius 3 is 2.57 bits per heavy atom. The van der Waals surface area contributed by atoms with Crippen LogP contribution < -0.4 is 10.1 Å². The van der Waals surface area contributed by atoms with Gasteiger partial charge in [-0.25, -0.2) is 0 Å². The number of halogens is 3. The maximum atomic E-state index is 11.9. The molecule has 7 heteroatoms. The molecule has 2 aromatic rings. The van der Waals surface area contributed by atoms with E-state index in [1.165, 1.54) is 12.1 Å². The van der Waals surface area contributed by atoms with E-state index >= 15 is 0 Å². The predicted octanol–water partition coefficient (Wildman–Crippen LogP) is 2.60. The highest BCUT2D eigenvalue weighted by atomic mass is 19.4. The average molecular weight is 299 g/mol. The van der Waals surface area contributed by atoms with Crippen molar-refractivity contribution in [3.05, 3.63) is 36.4 Å². The monoisotopic (exact) mass is 299 g/mol. The number of rotatable bonds is 4. The zero-order chi connectivity index (χ0) is 15.5. The van der Waals surface area contributed by atoms with Crippen molar-refractivity contribution in [2.24, 2.45) is 0 Å². The number of phenolic OH excluding ortho intramolecular Hbond substituents is 1. The first-order valence-corrected chi connectivity index (χ1v) is 6.02. The molecule has 0 atom stereocenters. The maximum Gasteiger partial charge on any atom is 0.405 e. The summed E-state index contributed by atoms with van der Waals surface area (Å²) < 4.78 is 40.9. The lowest BCUT2D eigenvalue weighted by molar-refractivity contribution is -0.139. The molecule has 0 saturated carbocycles. The molecule has 0 aliphatic rings. The number of aromatic hydroxyl groups is 1. The van der Waals surface area contributed by atoms with Crippen molar-refractivity contribution in [1.82, 2.24) is 5.32 Å². The van der Waals surface area contributed by atoms with Crippen molar-refractivity contribution in [2.45, 2.75) is 6.18 Å². The van der Waals surface area contributed by atoms with Crippen LogP contribution in [0.3, 0.4) is 0 Å². The highest BCUT2D eigenvalue weighted by Crippen LogP contribution is 2.24. The fraction of sp³-hybridized carbons (Fsp3) is 0.214. The molecule has 0 unspecified atom stereocenters. The van der Waals surface area contributed by atoms with E-state index in [1.54, 1.807) is 29.6 Å². The van der Waals surface area contributed by atoms with Gasteiger partial charge in [-0.2, -0.15) is 13.2 Å². The molecule has 1 amide bonds. The van der Waals surface area contributed by atoms with Crippen molar-refractivity contribution in [3.63, 3.8) is 0 Å². The molecular formula is C14H12F3NO3. The quantitative estimate of drug-likeness (QED) is 0.912. The van der Waals surface area contributed by atoms with Gasteiger partial charge in [0, 0.05) is 0 Å². The van der Waals surface area contributed by atoms with Gasteiger partial charge in [-0.3, -0.25) is 4.79 Å². The Kier molecular flexibility index (Phi) is 4.21. The molecule has 21 heavy (non-hydrogen) atoms. The van der Waals surface area contributed by atoms with Gasteiger partial charge in [-0.15, -0.1) is 0 Å². The largest absolute Gasteiger partial charge is 0.508 e. The van der Waals surface area contributed by atoms with Gasteiger partial charge in [0.15, 0.2) is 6.61 Å². The molecule has 0 aliphatic heterocycles. The van der Waals surface area contributed by atoms with Crippen molar-refractivity contribution >= 4 is 16.7 Å². The van der Waals surface area contributed by atoms with Crippen LogP contribution in [-0.4, -0.2) is 30.3 Å². The summed E-state index contributed by atoms with van der Waals surface area (Å²) in [5.41, 5.74) is 0. The number of hydrogen-bond donors (Lipinski definition) is 2. The Hall–Kier alpha value is -2.44. The first kappa shape index (κ1) is 15.0. The minimum atomic E-state index is -4.45. The van der Waals surface area contributed by atoms with E-state index in [9.17, 15) is 23.1 Å². The summed E-state index contributed by atoms with van der Waals surface area (Å²) in [5, 5.41) is 12.6. The first-order valence-electron chi connectivity index (χ1n) is 6.02. The van der Waals surface area contributed by atoms with Crippen LogP contribution in [-0.2, 0) is 4.79 Å². The minimum Gasteiger partial charge on any atom is -0.508 e. The summed E-state index contributed by atoms with van der Waals surface area (Å²) in [4.78, 5) is 11.2. The number of benzene rings is 2. The van der Waals surface area contributed by atoms with Crippen LogP contribution in [0.2, 0.25) is 0 Å². The van der Waals surface area contributed by atoms with Crippen LogP contribution in [0.5, 0.6) is 11.5 Å². The molecule has 0 aromatic heterocycles. The zero-order valence-corrected chi connectivity index (χ0v) is 10.8. The molecule has 0 aliphatic carbocycles. The van der Waals surface area contributed by atoms with Crippen LogP contribution in [0, 0.1) is 0 Å². The maximum absolute atomic E-state index is 11.9. The molecule has 0 heterocycles. The van der Waals surface area contributed by atoms with Crippen LogP contribution >= 0.6 is 0 Å². The molecule has 2 N–H and O–H groups in total. The van der Waals surface area contributed by atoms with Crippen molar-refractivity contribution in [2.75, 3.05) is 13.2 Å². The highest BCUT2D eigenvalue weighted by Gasteiger charge is 2.27. The van der Waals surface area contributed by atoms with Crippen molar-refractivity contribution < 1.29 is 27.8 Å². The Bertz CT molecular complexity index is 655. The van der Waals surface area contributed by atoms with Crippen molar-refractivity contribution in [1.29, 1.82) is 0 Å². The molecule has 2 aromatic carbocycles. The molecule has 2 rings (SSSR count). The van der Waals surface area contributed by atoms with Crippen LogP contribution in [0.25, 0.3) is 10.8 Å². The van der Waals surface area contributed by atoms with Crippen LogP contribution in [0.15, 0.2) is 36.4 Å². The standard InChI is InChI=1S/C14H12F3NO3/c15-14(16,17)8-18-13(20)7-21-12-4-2-9-1-3-11(19)5-10(9)6-12/h1-6,19H,7-8H2,(H,18,20). The predicted molar refractivity (Wildman–Crippen MR) is 70.2 cm³/mol. The second kappa shape index (κ2) is 5.90. The number of alkyl halides is 3. The van der Waals surface area contributed by atoms with Gasteiger partial charge in [-0.05, 0) is 35.0 Å². The molecule has 0 bridgehead atoms. The van der Waals surface area contributed by atoms with Gasteiger partial charge in [-0.1, -0.05) is 12.1 Å². The van der Waals surface area contributed by atoms with Gasteiger partial charge in [0.1, 0.15) is 18.0 Å². The minimum absolute atomic E-state index is 0.0857. The fourth-order valence-corrected chi connectivity index (χ4v) is 1.70. The fourth-order valence-electron chi connectivity index (χ4n) is 1.70. The molecule has 0 radical (unpaired) electrons. The highest BCUT2D eigenvalue weighted by molar-refractivity contribution is 5.85. The summed E-state index contributed by atoms with van der Waals surface area (Å²) in [6.07, 6.45) is -4.45. The van der Waals surface area contributed by atoms with E-state index in [4.69, 9.17) is 4.74 Å². The van der Waals surface area contributed by atoms with Gasteiger partial charge >= 0.3 is 6.18 Å².